The summed E-state index contributed by atoms with van der Waals surface area (Å²) in [7, 11) is 0. The van der Waals surface area contributed by atoms with E-state index >= 15 is 0 Å². The molecule has 0 aromatic carbocycles. The van der Waals surface area contributed by atoms with E-state index in [9.17, 15) is 9.59 Å². The molecule has 0 saturated carbocycles. The molecule has 0 atom stereocenters. The first-order valence-corrected chi connectivity index (χ1v) is 5.14. The molecule has 1 amide bonds. The lowest BCUT2D eigenvalue weighted by atomic mass is 10.4. The Bertz CT molecular complexity index is 464. The molecule has 90 valence electrons. The number of anilines is 1. The molecular formula is C9H8BrN3O4. The van der Waals surface area contributed by atoms with Gasteiger partial charge in [0.1, 0.15) is 12.9 Å². The van der Waals surface area contributed by atoms with Crippen LogP contribution >= 0.6 is 15.9 Å². The van der Waals surface area contributed by atoms with Crippen LogP contribution < -0.4 is 5.32 Å². The highest BCUT2D eigenvalue weighted by atomic mass is 79.9. The number of nitrogens with zero attached hydrogens (tertiary/aromatic N) is 2. The number of amides is 1. The number of carbonyl (C=O) groups is 2. The number of ether oxygens (including phenoxy) is 1. The molecule has 0 aliphatic rings. The molecule has 0 fully saturated rings. The first-order valence-electron chi connectivity index (χ1n) is 4.34. The van der Waals surface area contributed by atoms with Crippen molar-refractivity contribution < 1.29 is 19.4 Å². The number of aromatic carboxylic acids is 1. The van der Waals surface area contributed by atoms with Crippen LogP contribution in [0, 0.1) is 0 Å². The fourth-order valence-corrected chi connectivity index (χ4v) is 1.35. The van der Waals surface area contributed by atoms with E-state index in [2.05, 4.69) is 42.5 Å². The van der Waals surface area contributed by atoms with Gasteiger partial charge in [-0.1, -0.05) is 12.7 Å². The zero-order valence-electron chi connectivity index (χ0n) is 8.51. The number of hydrogen-bond donors (Lipinski definition) is 2. The number of carbonyl (C=O) groups excluding carboxylic acids is 1. The topological polar surface area (TPSA) is 101 Å². The lowest BCUT2D eigenvalue weighted by Gasteiger charge is -2.07. The normalized spacial score (nSPS) is 9.47. The lowest BCUT2D eigenvalue weighted by Crippen LogP contribution is -2.16. The molecule has 8 heteroatoms. The summed E-state index contributed by atoms with van der Waals surface area (Å²) in [6.07, 6.45) is 1.66. The zero-order chi connectivity index (χ0) is 12.8. The van der Waals surface area contributed by atoms with Crippen molar-refractivity contribution in [1.29, 1.82) is 0 Å². The van der Waals surface area contributed by atoms with Crippen LogP contribution in [0.1, 0.15) is 10.5 Å². The van der Waals surface area contributed by atoms with E-state index in [1.807, 2.05) is 0 Å². The second-order valence-corrected chi connectivity index (χ2v) is 3.50. The zero-order valence-corrected chi connectivity index (χ0v) is 10.1. The summed E-state index contributed by atoms with van der Waals surface area (Å²) in [4.78, 5) is 29.2. The molecule has 2 N–H and O–H groups in total. The number of nitrogens with one attached hydrogen (secondary N) is 1. The van der Waals surface area contributed by atoms with Gasteiger partial charge in [0, 0.05) is 0 Å². The van der Waals surface area contributed by atoms with E-state index in [4.69, 9.17) is 5.11 Å². The average molecular weight is 302 g/mol. The van der Waals surface area contributed by atoms with Gasteiger partial charge in [0.25, 0.3) is 0 Å². The smallest absolute Gasteiger partial charge is 0.413 e. The summed E-state index contributed by atoms with van der Waals surface area (Å²) in [5.41, 5.74) is -0.251. The fraction of sp³-hybridized carbons (Fsp3) is 0.111. The van der Waals surface area contributed by atoms with E-state index < -0.39 is 12.1 Å². The van der Waals surface area contributed by atoms with Gasteiger partial charge >= 0.3 is 12.1 Å². The van der Waals surface area contributed by atoms with Crippen LogP contribution in [0.4, 0.5) is 10.6 Å². The quantitative estimate of drug-likeness (QED) is 0.820. The Kier molecular flexibility index (Phi) is 4.58. The van der Waals surface area contributed by atoms with Gasteiger partial charge < -0.3 is 9.84 Å². The molecule has 0 aliphatic carbocycles. The fourth-order valence-electron chi connectivity index (χ4n) is 0.873. The largest absolute Gasteiger partial charge is 0.476 e. The summed E-state index contributed by atoms with van der Waals surface area (Å²) < 4.78 is 4.73. The number of aromatic nitrogens is 2. The standard InChI is InChI=1S/C9H8BrN3O4/c1-2-3-17-9(16)13-7-5(10)6(8(14)15)11-4-12-7/h2,4H,1,3H2,(H,14,15)(H,11,12,13,16). The Morgan fingerprint density at radius 3 is 2.88 bits per heavy atom. The van der Waals surface area contributed by atoms with Crippen molar-refractivity contribution in [3.05, 3.63) is 29.1 Å². The Morgan fingerprint density at radius 2 is 2.29 bits per heavy atom. The van der Waals surface area contributed by atoms with Gasteiger partial charge in [-0.05, 0) is 15.9 Å². The maximum Gasteiger partial charge on any atom is 0.413 e. The van der Waals surface area contributed by atoms with Crippen molar-refractivity contribution in [3.63, 3.8) is 0 Å². The van der Waals surface area contributed by atoms with Gasteiger partial charge in [-0.25, -0.2) is 19.6 Å². The monoisotopic (exact) mass is 301 g/mol. The number of rotatable bonds is 4. The third kappa shape index (κ3) is 3.52. The van der Waals surface area contributed by atoms with Crippen LogP contribution in [-0.2, 0) is 4.74 Å². The molecule has 0 radical (unpaired) electrons. The summed E-state index contributed by atoms with van der Waals surface area (Å²) in [5.74, 6) is -1.21. The van der Waals surface area contributed by atoms with E-state index in [1.165, 1.54) is 6.08 Å². The number of carboxylic acids is 1. The first-order chi connectivity index (χ1) is 8.06. The molecule has 0 unspecified atom stereocenters. The second kappa shape index (κ2) is 5.94. The highest BCUT2D eigenvalue weighted by Gasteiger charge is 2.16. The molecule has 1 aromatic heterocycles. The molecule has 1 rings (SSSR count). The van der Waals surface area contributed by atoms with Crippen molar-refractivity contribution in [2.24, 2.45) is 0 Å². The van der Waals surface area contributed by atoms with E-state index in [0.29, 0.717) is 0 Å². The van der Waals surface area contributed by atoms with Crippen molar-refractivity contribution >= 4 is 33.8 Å². The summed E-state index contributed by atoms with van der Waals surface area (Å²) in [6.45, 7) is 3.42. The maximum absolute atomic E-state index is 11.2. The van der Waals surface area contributed by atoms with Gasteiger partial charge in [0.2, 0.25) is 0 Å². The van der Waals surface area contributed by atoms with Gasteiger partial charge in [-0.15, -0.1) is 0 Å². The molecule has 0 saturated heterocycles. The minimum atomic E-state index is -1.23. The number of carboxylic acid groups (broad SMARTS) is 1. The predicted octanol–water partition coefficient (Wildman–Crippen LogP) is 1.67. The van der Waals surface area contributed by atoms with Crippen molar-refractivity contribution in [3.8, 4) is 0 Å². The van der Waals surface area contributed by atoms with Crippen LogP contribution in [0.5, 0.6) is 0 Å². The third-order valence-corrected chi connectivity index (χ3v) is 2.30. The molecule has 17 heavy (non-hydrogen) atoms. The molecule has 1 heterocycles. The first kappa shape index (κ1) is 13.1. The molecular weight excluding hydrogens is 294 g/mol. The number of hydrogen-bond acceptors (Lipinski definition) is 5. The molecule has 7 nitrogen and oxygen atoms in total. The SMILES string of the molecule is C=CCOC(=O)Nc1ncnc(C(=O)O)c1Br. The summed E-state index contributed by atoms with van der Waals surface area (Å²) >= 11 is 2.98. The van der Waals surface area contributed by atoms with Gasteiger partial charge in [0.05, 0.1) is 4.47 Å². The summed E-state index contributed by atoms with van der Waals surface area (Å²) in [5, 5.41) is 11.1. The minimum absolute atomic E-state index is 0.0199. The van der Waals surface area contributed by atoms with Gasteiger partial charge in [0.15, 0.2) is 11.5 Å². The molecule has 0 aliphatic heterocycles. The van der Waals surface area contributed by atoms with Crippen LogP contribution in [0.2, 0.25) is 0 Å². The molecule has 0 spiro atoms. The van der Waals surface area contributed by atoms with E-state index in [-0.39, 0.29) is 22.6 Å². The third-order valence-electron chi connectivity index (χ3n) is 1.54. The van der Waals surface area contributed by atoms with Crippen LogP contribution in [0.3, 0.4) is 0 Å². The van der Waals surface area contributed by atoms with Crippen molar-refractivity contribution in [2.45, 2.75) is 0 Å². The van der Waals surface area contributed by atoms with Crippen molar-refractivity contribution in [1.82, 2.24) is 9.97 Å². The van der Waals surface area contributed by atoms with Gasteiger partial charge in [-0.3, -0.25) is 5.32 Å². The average Bonchev–Trinajstić information content (AvgIpc) is 2.28. The Hall–Kier alpha value is -1.96. The lowest BCUT2D eigenvalue weighted by molar-refractivity contribution is 0.0689. The minimum Gasteiger partial charge on any atom is -0.476 e. The molecule has 1 aromatic rings. The summed E-state index contributed by atoms with van der Waals surface area (Å²) in [6, 6.07) is 0. The number of halogens is 1. The van der Waals surface area contributed by atoms with Crippen LogP contribution in [0.25, 0.3) is 0 Å². The predicted molar refractivity (Wildman–Crippen MR) is 61.9 cm³/mol. The van der Waals surface area contributed by atoms with Crippen molar-refractivity contribution in [2.75, 3.05) is 11.9 Å². The Labute approximate surface area is 105 Å². The van der Waals surface area contributed by atoms with E-state index in [0.717, 1.165) is 6.33 Å². The highest BCUT2D eigenvalue weighted by molar-refractivity contribution is 9.10. The highest BCUT2D eigenvalue weighted by Crippen LogP contribution is 2.22. The second-order valence-electron chi connectivity index (χ2n) is 2.70. The van der Waals surface area contributed by atoms with Crippen LogP contribution in [0.15, 0.2) is 23.5 Å². The van der Waals surface area contributed by atoms with Crippen LogP contribution in [-0.4, -0.2) is 33.7 Å². The van der Waals surface area contributed by atoms with Gasteiger partial charge in [-0.2, -0.15) is 0 Å². The maximum atomic E-state index is 11.2. The Balaban J connectivity index is 2.85. The molecule has 0 bridgehead atoms. The Morgan fingerprint density at radius 1 is 1.59 bits per heavy atom. The van der Waals surface area contributed by atoms with E-state index in [1.54, 1.807) is 0 Å².